The monoisotopic (exact) mass is 392 g/mol. The predicted octanol–water partition coefficient (Wildman–Crippen LogP) is 5.17. The molecule has 2 aromatic rings. The first-order chi connectivity index (χ1) is 12.5. The highest BCUT2D eigenvalue weighted by molar-refractivity contribution is 7.80. The Labute approximate surface area is 164 Å². The summed E-state index contributed by atoms with van der Waals surface area (Å²) in [7, 11) is 0. The first-order valence-corrected chi connectivity index (χ1v) is 9.49. The Morgan fingerprint density at radius 3 is 2.81 bits per heavy atom. The van der Waals surface area contributed by atoms with E-state index in [9.17, 15) is 4.39 Å². The average Bonchev–Trinajstić information content (AvgIpc) is 3.12. The average molecular weight is 393 g/mol. The number of hydrogen-bond donors (Lipinski definition) is 1. The van der Waals surface area contributed by atoms with E-state index in [0.717, 1.165) is 30.7 Å². The van der Waals surface area contributed by atoms with Crippen molar-refractivity contribution in [2.24, 2.45) is 0 Å². The number of benzene rings is 2. The molecule has 0 aromatic heterocycles. The highest BCUT2D eigenvalue weighted by Gasteiger charge is 2.22. The van der Waals surface area contributed by atoms with Gasteiger partial charge >= 0.3 is 0 Å². The minimum atomic E-state index is -0.235. The molecule has 3 rings (SSSR count). The van der Waals surface area contributed by atoms with E-state index in [-0.39, 0.29) is 11.9 Å². The molecule has 1 saturated heterocycles. The molecule has 0 aliphatic carbocycles. The molecule has 0 amide bonds. The summed E-state index contributed by atoms with van der Waals surface area (Å²) in [6.45, 7) is 3.73. The molecule has 138 valence electrons. The Hall–Kier alpha value is -1.69. The zero-order chi connectivity index (χ0) is 18.5. The van der Waals surface area contributed by atoms with Crippen LogP contribution in [-0.4, -0.2) is 29.3 Å². The van der Waals surface area contributed by atoms with E-state index < -0.39 is 0 Å². The van der Waals surface area contributed by atoms with E-state index in [2.05, 4.69) is 5.32 Å². The molecular formula is C20H22ClFN2OS. The van der Waals surface area contributed by atoms with Gasteiger partial charge in [-0.2, -0.15) is 0 Å². The maximum Gasteiger partial charge on any atom is 0.173 e. The normalized spacial score (nSPS) is 16.5. The molecule has 1 heterocycles. The minimum Gasteiger partial charge on any atom is -0.376 e. The summed E-state index contributed by atoms with van der Waals surface area (Å²) < 4.78 is 19.9. The third-order valence-corrected chi connectivity index (χ3v) is 5.18. The molecule has 1 N–H and O–H groups in total. The number of hydrogen-bond acceptors (Lipinski definition) is 2. The lowest BCUT2D eigenvalue weighted by molar-refractivity contribution is 0.0903. The van der Waals surface area contributed by atoms with Crippen LogP contribution in [0.15, 0.2) is 42.5 Å². The van der Waals surface area contributed by atoms with E-state index in [4.69, 9.17) is 28.6 Å². The first kappa shape index (κ1) is 19.1. The molecule has 3 nitrogen and oxygen atoms in total. The van der Waals surface area contributed by atoms with Crippen molar-refractivity contribution in [1.82, 2.24) is 4.90 Å². The molecule has 1 fully saturated rings. The second kappa shape index (κ2) is 8.80. The van der Waals surface area contributed by atoms with E-state index in [1.807, 2.05) is 36.1 Å². The van der Waals surface area contributed by atoms with Crippen LogP contribution in [0.25, 0.3) is 0 Å². The van der Waals surface area contributed by atoms with Gasteiger partial charge in [-0.05, 0) is 49.7 Å². The third kappa shape index (κ3) is 4.72. The summed E-state index contributed by atoms with van der Waals surface area (Å²) in [5.74, 6) is -0.235. The maximum absolute atomic E-state index is 14.1. The molecular weight excluding hydrogens is 371 g/mol. The van der Waals surface area contributed by atoms with E-state index in [1.165, 1.54) is 6.07 Å². The summed E-state index contributed by atoms with van der Waals surface area (Å²) in [5.41, 5.74) is 2.39. The standard InChI is InChI=1S/C20H22ClFN2OS/c1-14-6-4-9-17(21)19(14)23-20(26)24(13-16-8-5-11-25-16)12-15-7-2-3-10-18(15)22/h2-4,6-7,9-10,16H,5,8,11-13H2,1H3,(H,23,26)/t16-/m1/s1. The van der Waals surface area contributed by atoms with Crippen molar-refractivity contribution >= 4 is 34.6 Å². The van der Waals surface area contributed by atoms with Gasteiger partial charge in [-0.3, -0.25) is 0 Å². The summed E-state index contributed by atoms with van der Waals surface area (Å²) >= 11 is 11.9. The van der Waals surface area contributed by atoms with Crippen molar-refractivity contribution in [2.75, 3.05) is 18.5 Å². The molecule has 0 spiro atoms. The van der Waals surface area contributed by atoms with Crippen LogP contribution in [-0.2, 0) is 11.3 Å². The highest BCUT2D eigenvalue weighted by atomic mass is 35.5. The first-order valence-electron chi connectivity index (χ1n) is 8.70. The van der Waals surface area contributed by atoms with Gasteiger partial charge in [-0.15, -0.1) is 0 Å². The van der Waals surface area contributed by atoms with Crippen LogP contribution in [0.4, 0.5) is 10.1 Å². The van der Waals surface area contributed by atoms with Gasteiger partial charge in [-0.1, -0.05) is 41.9 Å². The lowest BCUT2D eigenvalue weighted by Crippen LogP contribution is -2.39. The molecule has 26 heavy (non-hydrogen) atoms. The largest absolute Gasteiger partial charge is 0.376 e. The summed E-state index contributed by atoms with van der Waals surface area (Å²) in [6.07, 6.45) is 2.14. The zero-order valence-corrected chi connectivity index (χ0v) is 16.2. The van der Waals surface area contributed by atoms with E-state index in [1.54, 1.807) is 12.1 Å². The molecule has 1 aliphatic rings. The fraction of sp³-hybridized carbons (Fsp3) is 0.350. The Morgan fingerprint density at radius 2 is 2.12 bits per heavy atom. The van der Waals surface area contributed by atoms with Crippen LogP contribution in [0.1, 0.15) is 24.0 Å². The zero-order valence-electron chi connectivity index (χ0n) is 14.7. The van der Waals surface area contributed by atoms with Crippen LogP contribution < -0.4 is 5.32 Å². The van der Waals surface area contributed by atoms with Crippen molar-refractivity contribution in [3.63, 3.8) is 0 Å². The SMILES string of the molecule is Cc1cccc(Cl)c1NC(=S)N(Cc1ccccc1F)C[C@H]1CCCO1. The van der Waals surface area contributed by atoms with Crippen molar-refractivity contribution in [1.29, 1.82) is 0 Å². The van der Waals surface area contributed by atoms with Gasteiger partial charge in [0, 0.05) is 25.3 Å². The number of nitrogens with zero attached hydrogens (tertiary/aromatic N) is 1. The molecule has 0 unspecified atom stereocenters. The van der Waals surface area contributed by atoms with Gasteiger partial charge < -0.3 is 15.0 Å². The quantitative estimate of drug-likeness (QED) is 0.710. The van der Waals surface area contributed by atoms with Crippen molar-refractivity contribution in [3.8, 4) is 0 Å². The molecule has 0 radical (unpaired) electrons. The Morgan fingerprint density at radius 1 is 1.31 bits per heavy atom. The number of thiocarbonyl (C=S) groups is 1. The summed E-state index contributed by atoms with van der Waals surface area (Å²) in [4.78, 5) is 1.95. The van der Waals surface area contributed by atoms with Crippen LogP contribution >= 0.6 is 23.8 Å². The van der Waals surface area contributed by atoms with Crippen LogP contribution in [0.3, 0.4) is 0 Å². The Kier molecular flexibility index (Phi) is 6.46. The maximum atomic E-state index is 14.1. The lowest BCUT2D eigenvalue weighted by Gasteiger charge is -2.29. The van der Waals surface area contributed by atoms with Crippen LogP contribution in [0, 0.1) is 12.7 Å². The lowest BCUT2D eigenvalue weighted by atomic mass is 10.1. The fourth-order valence-corrected chi connectivity index (χ4v) is 3.57. The summed E-state index contributed by atoms with van der Waals surface area (Å²) in [5, 5.41) is 4.36. The number of anilines is 1. The smallest absolute Gasteiger partial charge is 0.173 e. The number of ether oxygens (including phenoxy) is 1. The van der Waals surface area contributed by atoms with Gasteiger partial charge in [-0.25, -0.2) is 4.39 Å². The number of nitrogens with one attached hydrogen (secondary N) is 1. The van der Waals surface area contributed by atoms with Gasteiger partial charge in [0.2, 0.25) is 0 Å². The molecule has 0 bridgehead atoms. The number of aryl methyl sites for hydroxylation is 1. The minimum absolute atomic E-state index is 0.105. The second-order valence-corrected chi connectivity index (χ2v) is 7.26. The predicted molar refractivity (Wildman–Crippen MR) is 108 cm³/mol. The molecule has 1 aliphatic heterocycles. The van der Waals surface area contributed by atoms with Crippen molar-refractivity contribution in [3.05, 3.63) is 64.4 Å². The van der Waals surface area contributed by atoms with Gasteiger partial charge in [0.15, 0.2) is 5.11 Å². The van der Waals surface area contributed by atoms with Crippen LogP contribution in [0.2, 0.25) is 5.02 Å². The number of rotatable bonds is 5. The topological polar surface area (TPSA) is 24.5 Å². The molecule has 2 aromatic carbocycles. The summed E-state index contributed by atoms with van der Waals surface area (Å²) in [6, 6.07) is 12.5. The van der Waals surface area contributed by atoms with Crippen molar-refractivity contribution < 1.29 is 9.13 Å². The molecule has 6 heteroatoms. The van der Waals surface area contributed by atoms with E-state index >= 15 is 0 Å². The van der Waals surface area contributed by atoms with Gasteiger partial charge in [0.25, 0.3) is 0 Å². The molecule has 1 atom stereocenters. The third-order valence-electron chi connectivity index (χ3n) is 4.51. The molecule has 0 saturated carbocycles. The van der Waals surface area contributed by atoms with Crippen LogP contribution in [0.5, 0.6) is 0 Å². The Bertz CT molecular complexity index is 760. The second-order valence-electron chi connectivity index (χ2n) is 6.47. The van der Waals surface area contributed by atoms with Gasteiger partial charge in [0.1, 0.15) is 5.82 Å². The van der Waals surface area contributed by atoms with E-state index in [0.29, 0.717) is 28.8 Å². The highest BCUT2D eigenvalue weighted by Crippen LogP contribution is 2.26. The van der Waals surface area contributed by atoms with Crippen molar-refractivity contribution in [2.45, 2.75) is 32.4 Å². The number of para-hydroxylation sites is 1. The fourth-order valence-electron chi connectivity index (χ4n) is 3.06. The van der Waals surface area contributed by atoms with Gasteiger partial charge in [0.05, 0.1) is 16.8 Å². The number of halogens is 2. The Balaban J connectivity index is 1.79.